The van der Waals surface area contributed by atoms with E-state index in [2.05, 4.69) is 16.1 Å². The lowest BCUT2D eigenvalue weighted by atomic mass is 10.0. The third kappa shape index (κ3) is 4.50. The molecular formula is C28H31FN6O4. The van der Waals surface area contributed by atoms with Crippen LogP contribution < -0.4 is 9.64 Å². The highest BCUT2D eigenvalue weighted by molar-refractivity contribution is 5.91. The van der Waals surface area contributed by atoms with Crippen LogP contribution in [0.1, 0.15) is 38.2 Å². The van der Waals surface area contributed by atoms with Crippen LogP contribution in [0.4, 0.5) is 14.9 Å². The van der Waals surface area contributed by atoms with Crippen LogP contribution in [0, 0.1) is 5.82 Å². The molecule has 1 saturated carbocycles. The SMILES string of the molecule is COCOc1c(-c2cc(C3CC3)c3cc(N4C[C@@H](C)N(C(=O)O)[C@@H](C)C4)cnc3n2)cc2cn(C)nc2c1F. The summed E-state index contributed by atoms with van der Waals surface area (Å²) in [5, 5.41) is 15.4. The van der Waals surface area contributed by atoms with Gasteiger partial charge in [0.2, 0.25) is 0 Å². The van der Waals surface area contributed by atoms with E-state index in [-0.39, 0.29) is 30.1 Å². The lowest BCUT2D eigenvalue weighted by Gasteiger charge is -2.43. The first kappa shape index (κ1) is 25.3. The van der Waals surface area contributed by atoms with Gasteiger partial charge in [0, 0.05) is 49.8 Å². The van der Waals surface area contributed by atoms with E-state index in [1.54, 1.807) is 24.1 Å². The van der Waals surface area contributed by atoms with Crippen molar-refractivity contribution < 1.29 is 23.8 Å². The van der Waals surface area contributed by atoms with Crippen LogP contribution >= 0.6 is 0 Å². The van der Waals surface area contributed by atoms with Crippen molar-refractivity contribution in [3.8, 4) is 17.0 Å². The Morgan fingerprint density at radius 3 is 2.59 bits per heavy atom. The summed E-state index contributed by atoms with van der Waals surface area (Å²) in [5.74, 6) is -0.127. The molecular weight excluding hydrogens is 503 g/mol. The van der Waals surface area contributed by atoms with Gasteiger partial charge in [-0.15, -0.1) is 0 Å². The maximum Gasteiger partial charge on any atom is 0.407 e. The number of fused-ring (bicyclic) bond motifs is 2. The van der Waals surface area contributed by atoms with Gasteiger partial charge in [-0.25, -0.2) is 19.2 Å². The van der Waals surface area contributed by atoms with Gasteiger partial charge >= 0.3 is 6.09 Å². The van der Waals surface area contributed by atoms with Gasteiger partial charge in [0.15, 0.2) is 24.0 Å². The molecule has 1 N–H and O–H groups in total. The van der Waals surface area contributed by atoms with E-state index in [1.807, 2.05) is 26.0 Å². The predicted molar refractivity (Wildman–Crippen MR) is 145 cm³/mol. The van der Waals surface area contributed by atoms with E-state index in [9.17, 15) is 9.90 Å². The molecule has 6 rings (SSSR count). The lowest BCUT2D eigenvalue weighted by Crippen LogP contribution is -2.58. The third-order valence-corrected chi connectivity index (χ3v) is 7.61. The smallest absolute Gasteiger partial charge is 0.407 e. The van der Waals surface area contributed by atoms with Crippen LogP contribution in [0.25, 0.3) is 33.2 Å². The van der Waals surface area contributed by atoms with Crippen LogP contribution in [0.3, 0.4) is 0 Å². The number of carbonyl (C=O) groups is 1. The summed E-state index contributed by atoms with van der Waals surface area (Å²) < 4.78 is 27.9. The molecule has 204 valence electrons. The van der Waals surface area contributed by atoms with Crippen LogP contribution in [0.15, 0.2) is 30.6 Å². The molecule has 2 atom stereocenters. The summed E-state index contributed by atoms with van der Waals surface area (Å²) in [6, 6.07) is 5.69. The average molecular weight is 535 g/mol. The predicted octanol–water partition coefficient (Wildman–Crippen LogP) is 4.76. The summed E-state index contributed by atoms with van der Waals surface area (Å²) >= 11 is 0. The molecule has 0 unspecified atom stereocenters. The number of ether oxygens (including phenoxy) is 2. The monoisotopic (exact) mass is 534 g/mol. The molecule has 1 amide bonds. The molecule has 4 aromatic rings. The Hall–Kier alpha value is -3.99. The number of nitrogens with zero attached hydrogens (tertiary/aromatic N) is 6. The minimum absolute atomic E-state index is 0.0487. The zero-order valence-electron chi connectivity index (χ0n) is 22.4. The van der Waals surface area contributed by atoms with E-state index in [0.717, 1.165) is 29.5 Å². The number of aryl methyl sites for hydroxylation is 1. The number of anilines is 1. The Morgan fingerprint density at radius 1 is 1.18 bits per heavy atom. The number of amides is 1. The average Bonchev–Trinajstić information content (AvgIpc) is 3.67. The Kier molecular flexibility index (Phi) is 6.25. The van der Waals surface area contributed by atoms with Crippen molar-refractivity contribution in [1.29, 1.82) is 0 Å². The van der Waals surface area contributed by atoms with E-state index >= 15 is 4.39 Å². The number of aromatic nitrogens is 4. The van der Waals surface area contributed by atoms with Crippen molar-refractivity contribution in [3.63, 3.8) is 0 Å². The Balaban J connectivity index is 1.45. The third-order valence-electron chi connectivity index (χ3n) is 7.61. The minimum Gasteiger partial charge on any atom is -0.465 e. The first-order chi connectivity index (χ1) is 18.7. The normalized spacial score (nSPS) is 19.7. The van der Waals surface area contributed by atoms with Gasteiger partial charge in [-0.2, -0.15) is 5.10 Å². The summed E-state index contributed by atoms with van der Waals surface area (Å²) in [7, 11) is 3.24. The fourth-order valence-electron chi connectivity index (χ4n) is 5.75. The maximum absolute atomic E-state index is 15.6. The van der Waals surface area contributed by atoms with E-state index in [4.69, 9.17) is 19.4 Å². The van der Waals surface area contributed by atoms with Gasteiger partial charge in [-0.3, -0.25) is 9.58 Å². The second-order valence-corrected chi connectivity index (χ2v) is 10.6. The highest BCUT2D eigenvalue weighted by Crippen LogP contribution is 2.46. The van der Waals surface area contributed by atoms with Crippen LogP contribution in [0.5, 0.6) is 5.75 Å². The Labute approximate surface area is 224 Å². The van der Waals surface area contributed by atoms with Crippen molar-refractivity contribution >= 4 is 33.7 Å². The van der Waals surface area contributed by atoms with E-state index < -0.39 is 11.9 Å². The van der Waals surface area contributed by atoms with Crippen LogP contribution in [0.2, 0.25) is 0 Å². The minimum atomic E-state index is -0.895. The first-order valence-corrected chi connectivity index (χ1v) is 13.1. The molecule has 39 heavy (non-hydrogen) atoms. The molecule has 2 fully saturated rings. The molecule has 1 saturated heterocycles. The van der Waals surface area contributed by atoms with Gasteiger partial charge < -0.3 is 19.5 Å². The molecule has 1 aliphatic heterocycles. The fraction of sp³-hybridized carbons (Fsp3) is 0.429. The summed E-state index contributed by atoms with van der Waals surface area (Å²) in [6.45, 7) is 4.91. The first-order valence-electron chi connectivity index (χ1n) is 13.1. The highest BCUT2D eigenvalue weighted by atomic mass is 19.1. The zero-order chi connectivity index (χ0) is 27.4. The number of carboxylic acid groups (broad SMARTS) is 1. The molecule has 0 radical (unpaired) electrons. The van der Waals surface area contributed by atoms with Gasteiger partial charge in [0.05, 0.1) is 29.7 Å². The van der Waals surface area contributed by atoms with E-state index in [1.165, 1.54) is 12.0 Å². The molecule has 1 aromatic carbocycles. The molecule has 10 nitrogen and oxygen atoms in total. The van der Waals surface area contributed by atoms with Gasteiger partial charge in [-0.1, -0.05) is 0 Å². The van der Waals surface area contributed by atoms with E-state index in [0.29, 0.717) is 41.3 Å². The summed E-state index contributed by atoms with van der Waals surface area (Å²) in [4.78, 5) is 25.0. The molecule has 3 aromatic heterocycles. The summed E-state index contributed by atoms with van der Waals surface area (Å²) in [6.07, 6.45) is 4.79. The van der Waals surface area contributed by atoms with Gasteiger partial charge in [-0.05, 0) is 56.4 Å². The topological polar surface area (TPSA) is 106 Å². The number of pyridine rings is 2. The number of benzene rings is 1. The molecule has 1 aliphatic carbocycles. The summed E-state index contributed by atoms with van der Waals surface area (Å²) in [5.41, 5.74) is 3.97. The number of piperazine rings is 1. The van der Waals surface area contributed by atoms with Crippen molar-refractivity contribution in [2.24, 2.45) is 7.05 Å². The largest absolute Gasteiger partial charge is 0.465 e. The standard InChI is InChI=1S/C28H31FN6O4/c1-15-11-34(12-16(2)35(15)28(36)37)19-8-21-20(17-5-6-17)9-23(31-27(21)30-10-19)22-7-18-13-33(3)32-25(18)24(29)26(22)39-14-38-4/h7-10,13,15-17H,5-6,11-12,14H2,1-4H3,(H,36,37)/t15-,16+. The van der Waals surface area contributed by atoms with Crippen molar-refractivity contribution in [1.82, 2.24) is 24.6 Å². The number of rotatable bonds is 6. The van der Waals surface area contributed by atoms with Crippen molar-refractivity contribution in [2.45, 2.75) is 44.7 Å². The molecule has 0 spiro atoms. The second-order valence-electron chi connectivity index (χ2n) is 10.6. The Bertz CT molecular complexity index is 1570. The molecule has 4 heterocycles. The number of hydrogen-bond acceptors (Lipinski definition) is 7. The van der Waals surface area contributed by atoms with Crippen LogP contribution in [-0.4, -0.2) is 74.9 Å². The van der Waals surface area contributed by atoms with Gasteiger partial charge in [0.25, 0.3) is 0 Å². The number of halogens is 1. The molecule has 0 bridgehead atoms. The van der Waals surface area contributed by atoms with Crippen molar-refractivity contribution in [3.05, 3.63) is 42.0 Å². The lowest BCUT2D eigenvalue weighted by molar-refractivity contribution is 0.0489. The van der Waals surface area contributed by atoms with Gasteiger partial charge in [0.1, 0.15) is 5.52 Å². The zero-order valence-corrected chi connectivity index (χ0v) is 22.4. The molecule has 2 aliphatic rings. The number of methoxy groups -OCH3 is 1. The quantitative estimate of drug-likeness (QED) is 0.353. The fourth-order valence-corrected chi connectivity index (χ4v) is 5.75. The highest BCUT2D eigenvalue weighted by Gasteiger charge is 2.34. The Morgan fingerprint density at radius 2 is 1.92 bits per heavy atom. The second kappa shape index (κ2) is 9.64. The van der Waals surface area contributed by atoms with Crippen molar-refractivity contribution in [2.75, 3.05) is 31.9 Å². The molecule has 11 heteroatoms. The number of hydrogen-bond donors (Lipinski definition) is 1. The van der Waals surface area contributed by atoms with Crippen LogP contribution in [-0.2, 0) is 11.8 Å². The maximum atomic E-state index is 15.6.